The van der Waals surface area contributed by atoms with Crippen LogP contribution in [0.2, 0.25) is 0 Å². The van der Waals surface area contributed by atoms with Gasteiger partial charge in [0.05, 0.1) is 0 Å². The first-order valence-electron chi connectivity index (χ1n) is 9.27. The number of aromatic nitrogens is 1. The molecule has 0 bridgehead atoms. The summed E-state index contributed by atoms with van der Waals surface area (Å²) in [5, 5.41) is 9.25. The first-order valence-corrected chi connectivity index (χ1v) is 9.27. The van der Waals surface area contributed by atoms with Gasteiger partial charge in [0, 0.05) is 24.8 Å². The van der Waals surface area contributed by atoms with E-state index in [2.05, 4.69) is 4.90 Å². The summed E-state index contributed by atoms with van der Waals surface area (Å²) in [5.74, 6) is -1.13. The molecule has 2 fully saturated rings. The van der Waals surface area contributed by atoms with Gasteiger partial charge in [0.2, 0.25) is 0 Å². The molecule has 2 aliphatic rings. The number of aromatic carboxylic acids is 1. The Morgan fingerprint density at radius 2 is 1.92 bits per heavy atom. The third-order valence-corrected chi connectivity index (χ3v) is 5.76. The highest BCUT2D eigenvalue weighted by Crippen LogP contribution is 2.30. The lowest BCUT2D eigenvalue weighted by atomic mass is 9.96. The molecule has 1 N–H and O–H groups in total. The lowest BCUT2D eigenvalue weighted by Gasteiger charge is -2.40. The van der Waals surface area contributed by atoms with E-state index in [9.17, 15) is 14.7 Å². The molecule has 2 heterocycles. The lowest BCUT2D eigenvalue weighted by molar-refractivity contribution is 0.0693. The zero-order chi connectivity index (χ0) is 17.1. The number of carboxylic acid groups (broad SMARTS) is 1. The minimum Gasteiger partial charge on any atom is -0.477 e. The smallest absolute Gasteiger partial charge is 0.341 e. The molecule has 5 heteroatoms. The minimum absolute atomic E-state index is 0.0891. The Balaban J connectivity index is 1.71. The molecule has 132 valence electrons. The van der Waals surface area contributed by atoms with E-state index in [0.717, 1.165) is 12.5 Å². The van der Waals surface area contributed by atoms with E-state index < -0.39 is 5.97 Å². The second-order valence-electron chi connectivity index (χ2n) is 7.29. The number of nitrogens with zero attached hydrogens (tertiary/aromatic N) is 2. The van der Waals surface area contributed by atoms with Gasteiger partial charge in [0.1, 0.15) is 5.56 Å². The van der Waals surface area contributed by atoms with Crippen LogP contribution in [0.25, 0.3) is 0 Å². The summed E-state index contributed by atoms with van der Waals surface area (Å²) in [6.07, 6.45) is 11.7. The van der Waals surface area contributed by atoms with Gasteiger partial charge in [0.25, 0.3) is 5.56 Å². The maximum atomic E-state index is 12.4. The van der Waals surface area contributed by atoms with Crippen LogP contribution >= 0.6 is 0 Å². The topological polar surface area (TPSA) is 62.5 Å². The maximum Gasteiger partial charge on any atom is 0.341 e. The van der Waals surface area contributed by atoms with Crippen LogP contribution < -0.4 is 5.56 Å². The van der Waals surface area contributed by atoms with Gasteiger partial charge in [-0.05, 0) is 57.2 Å². The second kappa shape index (κ2) is 7.51. The van der Waals surface area contributed by atoms with Crippen LogP contribution in [-0.2, 0) is 6.54 Å². The second-order valence-corrected chi connectivity index (χ2v) is 7.29. The van der Waals surface area contributed by atoms with E-state index in [-0.39, 0.29) is 11.1 Å². The summed E-state index contributed by atoms with van der Waals surface area (Å²) in [4.78, 5) is 26.4. The molecule has 24 heavy (non-hydrogen) atoms. The Kier molecular flexibility index (Phi) is 5.39. The molecular weight excluding hydrogens is 304 g/mol. The molecule has 1 saturated heterocycles. The largest absolute Gasteiger partial charge is 0.477 e. The van der Waals surface area contributed by atoms with Crippen molar-refractivity contribution in [2.24, 2.45) is 0 Å². The van der Waals surface area contributed by atoms with E-state index in [1.807, 2.05) is 0 Å². The van der Waals surface area contributed by atoms with Crippen LogP contribution in [-0.4, -0.2) is 39.2 Å². The van der Waals surface area contributed by atoms with Crippen molar-refractivity contribution >= 4 is 5.97 Å². The summed E-state index contributed by atoms with van der Waals surface area (Å²) in [6, 6.07) is 2.99. The van der Waals surface area contributed by atoms with Crippen LogP contribution in [0.4, 0.5) is 0 Å². The number of pyridine rings is 1. The summed E-state index contributed by atoms with van der Waals surface area (Å²) in [7, 11) is 0. The van der Waals surface area contributed by atoms with Gasteiger partial charge in [-0.25, -0.2) is 4.79 Å². The predicted octanol–water partition coefficient (Wildman–Crippen LogP) is 3.04. The molecule has 1 unspecified atom stereocenters. The molecule has 1 atom stereocenters. The maximum absolute atomic E-state index is 12.4. The molecular formula is C19H28N2O3. The third-order valence-electron chi connectivity index (χ3n) is 5.76. The van der Waals surface area contributed by atoms with Crippen molar-refractivity contribution in [1.29, 1.82) is 0 Å². The number of piperidine rings is 1. The summed E-state index contributed by atoms with van der Waals surface area (Å²) in [6.45, 7) is 3.46. The number of hydrogen-bond donors (Lipinski definition) is 1. The standard InChI is InChI=1S/C19H28N2O3/c1-14-9-12-20(18(22)17(14)19(23)24)13-10-16-8-4-5-11-21(16)15-6-2-3-7-15/h9,12,15-16H,2-8,10-11,13H2,1H3,(H,23,24). The summed E-state index contributed by atoms with van der Waals surface area (Å²) >= 11 is 0. The molecule has 1 aliphatic heterocycles. The van der Waals surface area contributed by atoms with Crippen molar-refractivity contribution in [2.75, 3.05) is 6.54 Å². The van der Waals surface area contributed by atoms with E-state index in [1.165, 1.54) is 51.5 Å². The Hall–Kier alpha value is -1.62. The zero-order valence-corrected chi connectivity index (χ0v) is 14.5. The van der Waals surface area contributed by atoms with Gasteiger partial charge in [-0.1, -0.05) is 19.3 Å². The third kappa shape index (κ3) is 3.56. The molecule has 0 spiro atoms. The van der Waals surface area contributed by atoms with Crippen LogP contribution in [0, 0.1) is 6.92 Å². The van der Waals surface area contributed by atoms with Gasteiger partial charge in [-0.15, -0.1) is 0 Å². The molecule has 0 amide bonds. The summed E-state index contributed by atoms with van der Waals surface area (Å²) < 4.78 is 1.58. The number of carboxylic acids is 1. The molecule has 5 nitrogen and oxygen atoms in total. The highest BCUT2D eigenvalue weighted by atomic mass is 16.4. The number of likely N-dealkylation sites (tertiary alicyclic amines) is 1. The lowest BCUT2D eigenvalue weighted by Crippen LogP contribution is -2.46. The fourth-order valence-corrected chi connectivity index (χ4v) is 4.44. The van der Waals surface area contributed by atoms with Gasteiger partial charge >= 0.3 is 5.97 Å². The van der Waals surface area contributed by atoms with Crippen LogP contribution in [0.1, 0.15) is 67.3 Å². The van der Waals surface area contributed by atoms with Crippen molar-refractivity contribution in [3.8, 4) is 0 Å². The first kappa shape index (κ1) is 17.2. The van der Waals surface area contributed by atoms with Gasteiger partial charge < -0.3 is 9.67 Å². The van der Waals surface area contributed by atoms with E-state index in [0.29, 0.717) is 18.2 Å². The van der Waals surface area contributed by atoms with Crippen molar-refractivity contribution in [2.45, 2.75) is 76.9 Å². The minimum atomic E-state index is -1.13. The number of rotatable bonds is 5. The van der Waals surface area contributed by atoms with Crippen molar-refractivity contribution < 1.29 is 9.90 Å². The van der Waals surface area contributed by atoms with Crippen molar-refractivity contribution in [3.05, 3.63) is 33.7 Å². The average Bonchev–Trinajstić information content (AvgIpc) is 3.08. The van der Waals surface area contributed by atoms with Crippen LogP contribution in [0.3, 0.4) is 0 Å². The molecule has 3 rings (SSSR count). The number of hydrogen-bond acceptors (Lipinski definition) is 3. The fraction of sp³-hybridized carbons (Fsp3) is 0.684. The summed E-state index contributed by atoms with van der Waals surface area (Å²) in [5.41, 5.74) is 0.0773. The predicted molar refractivity (Wildman–Crippen MR) is 93.6 cm³/mol. The Bertz CT molecular complexity index is 647. The monoisotopic (exact) mass is 332 g/mol. The fourth-order valence-electron chi connectivity index (χ4n) is 4.44. The van der Waals surface area contributed by atoms with Crippen LogP contribution in [0.15, 0.2) is 17.1 Å². The molecule has 0 aromatic carbocycles. The Morgan fingerprint density at radius 1 is 1.21 bits per heavy atom. The van der Waals surface area contributed by atoms with Crippen LogP contribution in [0.5, 0.6) is 0 Å². The van der Waals surface area contributed by atoms with E-state index >= 15 is 0 Å². The van der Waals surface area contributed by atoms with Gasteiger partial charge in [-0.3, -0.25) is 9.69 Å². The molecule has 1 aliphatic carbocycles. The SMILES string of the molecule is Cc1ccn(CCC2CCCCN2C2CCCC2)c(=O)c1C(=O)O. The Morgan fingerprint density at radius 3 is 2.62 bits per heavy atom. The number of carbonyl (C=O) groups is 1. The van der Waals surface area contributed by atoms with E-state index in [4.69, 9.17) is 0 Å². The molecule has 1 aromatic heterocycles. The molecule has 1 aromatic rings. The highest BCUT2D eigenvalue weighted by molar-refractivity contribution is 5.88. The number of aryl methyl sites for hydroxylation is 2. The van der Waals surface area contributed by atoms with Gasteiger partial charge in [0.15, 0.2) is 0 Å². The van der Waals surface area contributed by atoms with Gasteiger partial charge in [-0.2, -0.15) is 0 Å². The molecule has 1 saturated carbocycles. The highest BCUT2D eigenvalue weighted by Gasteiger charge is 2.30. The van der Waals surface area contributed by atoms with Crippen molar-refractivity contribution in [3.63, 3.8) is 0 Å². The van der Waals surface area contributed by atoms with Crippen molar-refractivity contribution in [1.82, 2.24) is 9.47 Å². The average molecular weight is 332 g/mol. The Labute approximate surface area is 143 Å². The zero-order valence-electron chi connectivity index (χ0n) is 14.5. The molecule has 0 radical (unpaired) electrons. The van der Waals surface area contributed by atoms with E-state index in [1.54, 1.807) is 23.8 Å². The quantitative estimate of drug-likeness (QED) is 0.900. The first-order chi connectivity index (χ1) is 11.6. The normalized spacial score (nSPS) is 22.8.